The molecule has 2 fully saturated rings. The zero-order valence-electron chi connectivity index (χ0n) is 30.2. The minimum Gasteiger partial charge on any atom is -0.494 e. The fourth-order valence-electron chi connectivity index (χ4n) is 6.48. The Balaban J connectivity index is 1.28. The third-order valence-corrected chi connectivity index (χ3v) is 10.5. The molecule has 0 saturated carbocycles. The summed E-state index contributed by atoms with van der Waals surface area (Å²) in [7, 11) is -0.983. The zero-order chi connectivity index (χ0) is 36.1. The van der Waals surface area contributed by atoms with Crippen molar-refractivity contribution in [2.45, 2.75) is 58.6 Å². The van der Waals surface area contributed by atoms with Crippen molar-refractivity contribution in [3.8, 4) is 11.5 Å². The molecule has 50 heavy (non-hydrogen) atoms. The van der Waals surface area contributed by atoms with Crippen molar-refractivity contribution in [1.29, 1.82) is 0 Å². The topological polar surface area (TPSA) is 138 Å². The van der Waals surface area contributed by atoms with Gasteiger partial charge in [-0.15, -0.1) is 0 Å². The third kappa shape index (κ3) is 9.05. The van der Waals surface area contributed by atoms with Crippen LogP contribution >= 0.6 is 7.14 Å². The van der Waals surface area contributed by atoms with E-state index < -0.39 is 12.7 Å². The Morgan fingerprint density at radius 2 is 1.70 bits per heavy atom. The Bertz CT molecular complexity index is 1710. The van der Waals surface area contributed by atoms with E-state index in [1.807, 2.05) is 37.8 Å². The molecule has 2 aliphatic rings. The third-order valence-electron chi connectivity index (χ3n) is 8.98. The van der Waals surface area contributed by atoms with E-state index >= 15 is 0 Å². The van der Waals surface area contributed by atoms with Gasteiger partial charge in [0.25, 0.3) is 6.47 Å². The minimum absolute atomic E-state index is 0.132. The number of hydrogen-bond acceptors (Lipinski definition) is 12. The standard InChI is InChI=1S/C36H50N7O6P/c1-8-25-21-28(39-34-37-23-31(48-24-44)33(40-34)38-27-11-9-10-12-32(27)50(6,7)46)30(47-5)22-29(25)42-15-13-26(14-16-42)41-17-19-43(20-18-41)35(45)49-36(2,3)4/h9-12,21-24,26H,8,13-20H2,1-7H3,(H2,37,38,39,40). The average molecular weight is 708 g/mol. The molecule has 2 aromatic carbocycles. The van der Waals surface area contributed by atoms with Crippen LogP contribution in [0.5, 0.6) is 11.5 Å². The highest BCUT2D eigenvalue weighted by molar-refractivity contribution is 7.70. The van der Waals surface area contributed by atoms with Gasteiger partial charge in [-0.05, 0) is 77.1 Å². The molecule has 270 valence electrons. The fraction of sp³-hybridized carbons (Fsp3) is 0.500. The zero-order valence-corrected chi connectivity index (χ0v) is 31.1. The van der Waals surface area contributed by atoms with Crippen LogP contribution in [-0.4, -0.2) is 104 Å². The van der Waals surface area contributed by atoms with Crippen LogP contribution in [0.1, 0.15) is 46.1 Å². The van der Waals surface area contributed by atoms with Gasteiger partial charge in [-0.1, -0.05) is 19.1 Å². The molecule has 0 atom stereocenters. The second-order valence-electron chi connectivity index (χ2n) is 14.0. The summed E-state index contributed by atoms with van der Waals surface area (Å²) in [6.07, 6.45) is 4.06. The number of nitrogens with one attached hydrogen (secondary N) is 2. The summed E-state index contributed by atoms with van der Waals surface area (Å²) in [6.45, 7) is 16.4. The fourth-order valence-corrected chi connectivity index (χ4v) is 7.64. The van der Waals surface area contributed by atoms with Gasteiger partial charge in [0.2, 0.25) is 5.95 Å². The van der Waals surface area contributed by atoms with Gasteiger partial charge >= 0.3 is 6.09 Å². The van der Waals surface area contributed by atoms with Crippen molar-refractivity contribution in [1.82, 2.24) is 19.8 Å². The van der Waals surface area contributed by atoms with Gasteiger partial charge in [-0.2, -0.15) is 4.98 Å². The summed E-state index contributed by atoms with van der Waals surface area (Å²) >= 11 is 0. The molecule has 0 unspecified atom stereocenters. The molecule has 3 heterocycles. The molecule has 1 aromatic heterocycles. The van der Waals surface area contributed by atoms with Crippen LogP contribution in [0.15, 0.2) is 42.6 Å². The second-order valence-corrected chi connectivity index (χ2v) is 17.2. The number of carbonyl (C=O) groups is 2. The number of nitrogens with zero attached hydrogens (tertiary/aromatic N) is 5. The number of aryl methyl sites for hydroxylation is 1. The van der Waals surface area contributed by atoms with E-state index in [-0.39, 0.29) is 23.6 Å². The highest BCUT2D eigenvalue weighted by Gasteiger charge is 2.31. The number of piperidine rings is 1. The smallest absolute Gasteiger partial charge is 0.410 e. The summed E-state index contributed by atoms with van der Waals surface area (Å²) in [5, 5.41) is 7.14. The van der Waals surface area contributed by atoms with Crippen molar-refractivity contribution in [2.75, 3.05) is 75.2 Å². The molecule has 2 saturated heterocycles. The predicted octanol–water partition coefficient (Wildman–Crippen LogP) is 5.84. The summed E-state index contributed by atoms with van der Waals surface area (Å²) in [5.74, 6) is 1.29. The maximum Gasteiger partial charge on any atom is 0.410 e. The monoisotopic (exact) mass is 707 g/mol. The van der Waals surface area contributed by atoms with Crippen LogP contribution in [0, 0.1) is 0 Å². The second kappa shape index (κ2) is 15.7. The Morgan fingerprint density at radius 1 is 1.00 bits per heavy atom. The Hall–Kier alpha value is -4.35. The molecule has 5 rings (SSSR count). The lowest BCUT2D eigenvalue weighted by molar-refractivity contribution is -0.120. The molecule has 0 bridgehead atoms. The molecule has 0 radical (unpaired) electrons. The van der Waals surface area contributed by atoms with Crippen molar-refractivity contribution in [3.05, 3.63) is 48.2 Å². The number of anilines is 5. The number of amides is 1. The first-order valence-electron chi connectivity index (χ1n) is 17.1. The molecule has 1 amide bonds. The maximum absolute atomic E-state index is 13.0. The number of hydrogen-bond donors (Lipinski definition) is 2. The summed E-state index contributed by atoms with van der Waals surface area (Å²) < 4.78 is 29.5. The lowest BCUT2D eigenvalue weighted by atomic mass is 9.99. The van der Waals surface area contributed by atoms with E-state index in [9.17, 15) is 14.2 Å². The maximum atomic E-state index is 13.0. The Kier molecular flexibility index (Phi) is 11.6. The molecule has 2 N–H and O–H groups in total. The van der Waals surface area contributed by atoms with E-state index in [4.69, 9.17) is 14.2 Å². The molecular formula is C36H50N7O6P. The lowest BCUT2D eigenvalue weighted by Gasteiger charge is -2.43. The number of aromatic nitrogens is 2. The molecular weight excluding hydrogens is 657 g/mol. The highest BCUT2D eigenvalue weighted by atomic mass is 31.2. The van der Waals surface area contributed by atoms with Crippen LogP contribution in [-0.2, 0) is 20.5 Å². The van der Waals surface area contributed by atoms with Gasteiger partial charge in [0.15, 0.2) is 11.6 Å². The predicted molar refractivity (Wildman–Crippen MR) is 198 cm³/mol. The number of methoxy groups -OCH3 is 1. The number of piperazine rings is 1. The Morgan fingerprint density at radius 3 is 2.32 bits per heavy atom. The summed E-state index contributed by atoms with van der Waals surface area (Å²) in [4.78, 5) is 39.6. The molecule has 3 aromatic rings. The largest absolute Gasteiger partial charge is 0.494 e. The number of benzene rings is 2. The van der Waals surface area contributed by atoms with E-state index in [0.717, 1.165) is 56.7 Å². The molecule has 13 nitrogen and oxygen atoms in total. The highest BCUT2D eigenvalue weighted by Crippen LogP contribution is 2.40. The Labute approximate surface area is 295 Å². The van der Waals surface area contributed by atoms with Crippen molar-refractivity contribution in [3.63, 3.8) is 0 Å². The normalized spacial score (nSPS) is 16.1. The molecule has 0 spiro atoms. The SMILES string of the molecule is CCc1cc(Nc2ncc(OC=O)c(Nc3ccccc3P(C)(C)=O)n2)c(OC)cc1N1CCC(N2CCN(C(=O)OC(C)(C)C)CC2)CC1. The van der Waals surface area contributed by atoms with Gasteiger partial charge in [-0.25, -0.2) is 9.78 Å². The molecule has 0 aliphatic carbocycles. The number of rotatable bonds is 11. The number of para-hydroxylation sites is 1. The lowest BCUT2D eigenvalue weighted by Crippen LogP contribution is -2.55. The van der Waals surface area contributed by atoms with E-state index in [2.05, 4.69) is 49.5 Å². The van der Waals surface area contributed by atoms with Crippen LogP contribution < -0.4 is 30.3 Å². The average Bonchev–Trinajstić information content (AvgIpc) is 3.08. The molecule has 14 heteroatoms. The summed E-state index contributed by atoms with van der Waals surface area (Å²) in [5.41, 5.74) is 3.11. The number of carbonyl (C=O) groups excluding carboxylic acids is 2. The van der Waals surface area contributed by atoms with Gasteiger partial charge in [0.05, 0.1) is 24.7 Å². The summed E-state index contributed by atoms with van der Waals surface area (Å²) in [6, 6.07) is 11.9. The first-order valence-corrected chi connectivity index (χ1v) is 19.7. The van der Waals surface area contributed by atoms with Gasteiger partial charge in [0.1, 0.15) is 18.5 Å². The van der Waals surface area contributed by atoms with Crippen molar-refractivity contribution < 1.29 is 28.4 Å². The van der Waals surface area contributed by atoms with Gasteiger partial charge < -0.3 is 39.2 Å². The van der Waals surface area contributed by atoms with Crippen LogP contribution in [0.3, 0.4) is 0 Å². The van der Waals surface area contributed by atoms with E-state index in [1.54, 1.807) is 32.6 Å². The number of ether oxygens (including phenoxy) is 3. The van der Waals surface area contributed by atoms with E-state index in [0.29, 0.717) is 48.0 Å². The molecule has 2 aliphatic heterocycles. The van der Waals surface area contributed by atoms with E-state index in [1.165, 1.54) is 6.20 Å². The van der Waals surface area contributed by atoms with Crippen LogP contribution in [0.2, 0.25) is 0 Å². The quantitative estimate of drug-likeness (QED) is 0.183. The first-order chi connectivity index (χ1) is 23.8. The van der Waals surface area contributed by atoms with Crippen LogP contribution in [0.4, 0.5) is 33.6 Å². The minimum atomic E-state index is -2.62. The van der Waals surface area contributed by atoms with Gasteiger partial charge in [-0.3, -0.25) is 9.69 Å². The van der Waals surface area contributed by atoms with Gasteiger partial charge in [0, 0.05) is 62.4 Å². The van der Waals surface area contributed by atoms with Crippen molar-refractivity contribution in [2.24, 2.45) is 0 Å². The van der Waals surface area contributed by atoms with Crippen molar-refractivity contribution >= 4 is 53.8 Å². The van der Waals surface area contributed by atoms with Crippen LogP contribution in [0.25, 0.3) is 0 Å². The first kappa shape index (κ1) is 36.9.